The Balaban J connectivity index is 0.00000151. The van der Waals surface area contributed by atoms with Crippen molar-refractivity contribution in [1.82, 2.24) is 0 Å². The summed E-state index contributed by atoms with van der Waals surface area (Å²) in [4.78, 5) is 26.3. The largest absolute Gasteiger partial charge is 0.374 e. The van der Waals surface area contributed by atoms with Crippen LogP contribution in [-0.4, -0.2) is 25.0 Å². The number of thioether (sulfide) groups is 1. The molecule has 0 saturated heterocycles. The third kappa shape index (κ3) is 5.50. The van der Waals surface area contributed by atoms with Crippen molar-refractivity contribution in [3.63, 3.8) is 0 Å². The molecular formula is C19H21Cl2NO2S. The topological polar surface area (TPSA) is 37.4 Å². The van der Waals surface area contributed by atoms with Crippen molar-refractivity contribution in [2.45, 2.75) is 25.7 Å². The first-order valence-electron chi connectivity index (χ1n) is 7.93. The zero-order valence-corrected chi connectivity index (χ0v) is 17.0. The van der Waals surface area contributed by atoms with Gasteiger partial charge < -0.3 is 4.90 Å². The molecule has 0 aliphatic rings. The van der Waals surface area contributed by atoms with Gasteiger partial charge in [0.25, 0.3) is 0 Å². The fourth-order valence-corrected chi connectivity index (χ4v) is 3.03. The summed E-state index contributed by atoms with van der Waals surface area (Å²) in [5.41, 5.74) is 2.63. The van der Waals surface area contributed by atoms with E-state index in [9.17, 15) is 9.59 Å². The van der Waals surface area contributed by atoms with Crippen molar-refractivity contribution in [3.05, 3.63) is 57.6 Å². The van der Waals surface area contributed by atoms with Gasteiger partial charge in [0.05, 0.1) is 15.7 Å². The van der Waals surface area contributed by atoms with Crippen molar-refractivity contribution in [2.75, 3.05) is 18.5 Å². The van der Waals surface area contributed by atoms with Gasteiger partial charge in [-0.05, 0) is 43.3 Å². The minimum atomic E-state index is -0.165. The second-order valence-corrected chi connectivity index (χ2v) is 6.55. The van der Waals surface area contributed by atoms with Crippen molar-refractivity contribution in [1.29, 1.82) is 0 Å². The molecule has 134 valence electrons. The fourth-order valence-electron chi connectivity index (χ4n) is 2.09. The molecule has 0 aliphatic carbocycles. The van der Waals surface area contributed by atoms with Gasteiger partial charge in [0, 0.05) is 29.6 Å². The summed E-state index contributed by atoms with van der Waals surface area (Å²) in [5.74, 6) is -0.165. The van der Waals surface area contributed by atoms with Gasteiger partial charge in [-0.3, -0.25) is 9.59 Å². The summed E-state index contributed by atoms with van der Waals surface area (Å²) in [6.45, 7) is 6.82. The molecule has 2 aromatic carbocycles. The van der Waals surface area contributed by atoms with Crippen molar-refractivity contribution < 1.29 is 9.59 Å². The standard InChI is InChI=1S/C17H15Cl2NO2S.C2H6/c1-3-20(2)15-7-5-12(9-16(15)23-10-21)17(22)11-4-6-13(18)14(19)8-11;1-2/h4-10H,3H2,1-2H3;1-2H3. The van der Waals surface area contributed by atoms with Crippen LogP contribution in [0.25, 0.3) is 0 Å². The van der Waals surface area contributed by atoms with Crippen LogP contribution in [0, 0.1) is 0 Å². The fraction of sp³-hybridized carbons (Fsp3) is 0.263. The van der Waals surface area contributed by atoms with Gasteiger partial charge in [-0.2, -0.15) is 0 Å². The molecule has 0 aliphatic heterocycles. The Morgan fingerprint density at radius 2 is 1.68 bits per heavy atom. The van der Waals surface area contributed by atoms with E-state index in [0.717, 1.165) is 34.5 Å². The lowest BCUT2D eigenvalue weighted by Crippen LogP contribution is -2.17. The molecule has 25 heavy (non-hydrogen) atoms. The summed E-state index contributed by atoms with van der Waals surface area (Å²) in [6.07, 6.45) is 0. The predicted octanol–water partition coefficient (Wildman–Crippen LogP) is 5.99. The Bertz CT molecular complexity index is 750. The van der Waals surface area contributed by atoms with Crippen molar-refractivity contribution in [2.24, 2.45) is 0 Å². The van der Waals surface area contributed by atoms with E-state index in [4.69, 9.17) is 23.2 Å². The van der Waals surface area contributed by atoms with E-state index in [1.165, 1.54) is 0 Å². The number of carbonyl (C=O) groups is 2. The van der Waals surface area contributed by atoms with E-state index in [0.29, 0.717) is 21.2 Å². The molecule has 0 atom stereocenters. The first-order valence-corrected chi connectivity index (χ1v) is 9.56. The molecule has 0 spiro atoms. The Labute approximate surface area is 163 Å². The van der Waals surface area contributed by atoms with Crippen molar-refractivity contribution in [3.8, 4) is 0 Å². The zero-order valence-electron chi connectivity index (χ0n) is 14.7. The van der Waals surface area contributed by atoms with E-state index in [1.807, 2.05) is 38.8 Å². The Morgan fingerprint density at radius 1 is 1.08 bits per heavy atom. The van der Waals surface area contributed by atoms with Crippen LogP contribution in [0.5, 0.6) is 0 Å². The second kappa shape index (κ2) is 10.5. The summed E-state index contributed by atoms with van der Waals surface area (Å²) in [5, 5.41) is 0.739. The van der Waals surface area contributed by atoms with Crippen LogP contribution < -0.4 is 4.90 Å². The van der Waals surface area contributed by atoms with Crippen LogP contribution in [0.1, 0.15) is 36.7 Å². The summed E-state index contributed by atoms with van der Waals surface area (Å²) in [6, 6.07) is 10.1. The maximum atomic E-state index is 12.6. The first kappa shape index (κ1) is 21.6. The minimum Gasteiger partial charge on any atom is -0.374 e. The maximum absolute atomic E-state index is 12.6. The molecule has 0 saturated carbocycles. The predicted molar refractivity (Wildman–Crippen MR) is 109 cm³/mol. The van der Waals surface area contributed by atoms with E-state index in [1.54, 1.807) is 30.3 Å². The SMILES string of the molecule is CC.CCN(C)c1ccc(C(=O)c2ccc(Cl)c(Cl)c2)cc1SC=O. The Hall–Kier alpha value is -1.49. The normalized spacial score (nSPS) is 9.84. The number of benzene rings is 2. The molecule has 0 unspecified atom stereocenters. The molecule has 0 amide bonds. The maximum Gasteiger partial charge on any atom is 0.193 e. The molecule has 2 rings (SSSR count). The van der Waals surface area contributed by atoms with Crippen LogP contribution in [0.4, 0.5) is 5.69 Å². The number of hydrogen-bond donors (Lipinski definition) is 0. The molecule has 6 heteroatoms. The number of rotatable bonds is 6. The van der Waals surface area contributed by atoms with Gasteiger partial charge in [-0.25, -0.2) is 0 Å². The lowest BCUT2D eigenvalue weighted by atomic mass is 10.0. The molecule has 2 aromatic rings. The minimum absolute atomic E-state index is 0.165. The van der Waals surface area contributed by atoms with Gasteiger partial charge in [0.15, 0.2) is 11.4 Å². The highest BCUT2D eigenvalue weighted by Gasteiger charge is 2.15. The molecule has 0 heterocycles. The Kier molecular flexibility index (Phi) is 9.04. The smallest absolute Gasteiger partial charge is 0.193 e. The summed E-state index contributed by atoms with van der Waals surface area (Å²) in [7, 11) is 1.94. The van der Waals surface area contributed by atoms with Gasteiger partial charge >= 0.3 is 0 Å². The highest BCUT2D eigenvalue weighted by atomic mass is 35.5. The summed E-state index contributed by atoms with van der Waals surface area (Å²) < 4.78 is 0. The average molecular weight is 398 g/mol. The number of nitrogens with zero attached hydrogens (tertiary/aromatic N) is 1. The average Bonchev–Trinajstić information content (AvgIpc) is 2.64. The monoisotopic (exact) mass is 397 g/mol. The van der Waals surface area contributed by atoms with Crippen LogP contribution in [-0.2, 0) is 4.79 Å². The van der Waals surface area contributed by atoms with Crippen LogP contribution in [0.2, 0.25) is 10.0 Å². The van der Waals surface area contributed by atoms with Crippen LogP contribution in [0.3, 0.4) is 0 Å². The second-order valence-electron chi connectivity index (χ2n) is 4.87. The first-order chi connectivity index (χ1) is 12.0. The van der Waals surface area contributed by atoms with E-state index in [2.05, 4.69) is 0 Å². The van der Waals surface area contributed by atoms with Gasteiger partial charge in [-0.1, -0.05) is 48.8 Å². The highest BCUT2D eigenvalue weighted by molar-refractivity contribution is 8.12. The summed E-state index contributed by atoms with van der Waals surface area (Å²) >= 11 is 12.9. The highest BCUT2D eigenvalue weighted by Crippen LogP contribution is 2.31. The number of carbonyl (C=O) groups excluding carboxylic acids is 2. The van der Waals surface area contributed by atoms with E-state index in [-0.39, 0.29) is 5.78 Å². The Morgan fingerprint density at radius 3 is 2.24 bits per heavy atom. The van der Waals surface area contributed by atoms with E-state index >= 15 is 0 Å². The molecule has 3 nitrogen and oxygen atoms in total. The number of anilines is 1. The lowest BCUT2D eigenvalue weighted by Gasteiger charge is -2.20. The van der Waals surface area contributed by atoms with Gasteiger partial charge in [0.1, 0.15) is 0 Å². The number of ketones is 1. The van der Waals surface area contributed by atoms with Gasteiger partial charge in [0.2, 0.25) is 0 Å². The number of halogens is 2. The molecule has 0 N–H and O–H groups in total. The quantitative estimate of drug-likeness (QED) is 0.340. The third-order valence-electron chi connectivity index (χ3n) is 3.46. The van der Waals surface area contributed by atoms with Crippen LogP contribution in [0.15, 0.2) is 41.3 Å². The van der Waals surface area contributed by atoms with Crippen molar-refractivity contribution >= 4 is 52.1 Å². The zero-order chi connectivity index (χ0) is 19.0. The molecule has 0 radical (unpaired) electrons. The van der Waals surface area contributed by atoms with E-state index < -0.39 is 0 Å². The van der Waals surface area contributed by atoms with Gasteiger partial charge in [-0.15, -0.1) is 0 Å². The molecule has 0 bridgehead atoms. The third-order valence-corrected chi connectivity index (χ3v) is 4.88. The van der Waals surface area contributed by atoms with Crippen LogP contribution >= 0.6 is 35.0 Å². The molecule has 0 aromatic heterocycles. The molecule has 0 fully saturated rings. The number of hydrogen-bond acceptors (Lipinski definition) is 4. The lowest BCUT2D eigenvalue weighted by molar-refractivity contribution is 0.103. The molecular weight excluding hydrogens is 377 g/mol.